The highest BCUT2D eigenvalue weighted by Gasteiger charge is 2.22. The lowest BCUT2D eigenvalue weighted by atomic mass is 9.87. The van der Waals surface area contributed by atoms with Gasteiger partial charge in [0.15, 0.2) is 0 Å². The molecule has 0 aromatic carbocycles. The molecule has 1 heterocycles. The quantitative estimate of drug-likeness (QED) is 0.810. The van der Waals surface area contributed by atoms with Crippen molar-refractivity contribution in [1.82, 2.24) is 9.80 Å². The third-order valence-corrected chi connectivity index (χ3v) is 4.79. The van der Waals surface area contributed by atoms with Gasteiger partial charge in [0.2, 0.25) is 0 Å². The molecular formula is C15H30N2O. The highest BCUT2D eigenvalue weighted by atomic mass is 16.3. The second-order valence-electron chi connectivity index (χ2n) is 6.64. The maximum absolute atomic E-state index is 9.51. The number of aliphatic hydroxyl groups is 1. The molecule has 0 aromatic heterocycles. The van der Waals surface area contributed by atoms with Crippen LogP contribution in [0.5, 0.6) is 0 Å². The first-order valence-corrected chi connectivity index (χ1v) is 7.68. The number of hydrogen-bond donors (Lipinski definition) is 1. The van der Waals surface area contributed by atoms with Gasteiger partial charge in [-0.05, 0) is 77.5 Å². The molecule has 1 unspecified atom stereocenters. The Balaban J connectivity index is 1.58. The van der Waals surface area contributed by atoms with Crippen LogP contribution in [0.1, 0.15) is 38.5 Å². The van der Waals surface area contributed by atoms with E-state index < -0.39 is 0 Å². The van der Waals surface area contributed by atoms with Crippen molar-refractivity contribution in [3.63, 3.8) is 0 Å². The summed E-state index contributed by atoms with van der Waals surface area (Å²) in [5, 5.41) is 9.51. The number of likely N-dealkylation sites (tertiary alicyclic amines) is 1. The Bertz CT molecular complexity index is 239. The van der Waals surface area contributed by atoms with Crippen molar-refractivity contribution in [1.29, 1.82) is 0 Å². The van der Waals surface area contributed by atoms with E-state index in [0.717, 1.165) is 24.7 Å². The number of nitrogens with zero attached hydrogens (tertiary/aromatic N) is 2. The van der Waals surface area contributed by atoms with Crippen LogP contribution < -0.4 is 0 Å². The maximum Gasteiger partial charge on any atom is 0.0540 e. The van der Waals surface area contributed by atoms with E-state index in [1.54, 1.807) is 0 Å². The summed E-state index contributed by atoms with van der Waals surface area (Å²) in [6.07, 6.45) is 7.21. The van der Waals surface area contributed by atoms with Crippen LogP contribution in [0, 0.1) is 11.8 Å². The van der Waals surface area contributed by atoms with Crippen molar-refractivity contribution < 1.29 is 5.11 Å². The Labute approximate surface area is 112 Å². The molecule has 1 saturated carbocycles. The van der Waals surface area contributed by atoms with Crippen LogP contribution in [-0.4, -0.2) is 61.3 Å². The van der Waals surface area contributed by atoms with Gasteiger partial charge in [-0.3, -0.25) is 0 Å². The Kier molecular flexibility index (Phi) is 5.46. The van der Waals surface area contributed by atoms with Gasteiger partial charge in [-0.2, -0.15) is 0 Å². The summed E-state index contributed by atoms with van der Waals surface area (Å²) in [5.41, 5.74) is 0. The zero-order valence-electron chi connectivity index (χ0n) is 12.1. The fraction of sp³-hybridized carbons (Fsp3) is 1.00. The van der Waals surface area contributed by atoms with Gasteiger partial charge in [0.1, 0.15) is 0 Å². The minimum Gasteiger partial charge on any atom is -0.393 e. The molecule has 1 saturated heterocycles. The topological polar surface area (TPSA) is 26.7 Å². The highest BCUT2D eigenvalue weighted by molar-refractivity contribution is 4.76. The SMILES string of the molecule is CN(CCC1CCN(C)C1)CC1CCC(O)CC1. The van der Waals surface area contributed by atoms with E-state index in [1.165, 1.54) is 51.9 Å². The molecule has 106 valence electrons. The zero-order chi connectivity index (χ0) is 13.0. The van der Waals surface area contributed by atoms with E-state index in [-0.39, 0.29) is 6.10 Å². The summed E-state index contributed by atoms with van der Waals surface area (Å²) in [7, 11) is 4.50. The molecule has 3 heteroatoms. The average molecular weight is 254 g/mol. The van der Waals surface area contributed by atoms with Crippen molar-refractivity contribution in [3.8, 4) is 0 Å². The Morgan fingerprint density at radius 3 is 2.44 bits per heavy atom. The van der Waals surface area contributed by atoms with Crippen molar-refractivity contribution in [2.24, 2.45) is 11.8 Å². The predicted molar refractivity (Wildman–Crippen MR) is 75.7 cm³/mol. The van der Waals surface area contributed by atoms with Gasteiger partial charge in [0, 0.05) is 13.1 Å². The first-order valence-electron chi connectivity index (χ1n) is 7.68. The monoisotopic (exact) mass is 254 g/mol. The van der Waals surface area contributed by atoms with Crippen LogP contribution in [0.15, 0.2) is 0 Å². The van der Waals surface area contributed by atoms with Crippen LogP contribution in [0.3, 0.4) is 0 Å². The van der Waals surface area contributed by atoms with Gasteiger partial charge in [-0.15, -0.1) is 0 Å². The Morgan fingerprint density at radius 2 is 1.83 bits per heavy atom. The van der Waals surface area contributed by atoms with Crippen molar-refractivity contribution in [2.45, 2.75) is 44.6 Å². The summed E-state index contributed by atoms with van der Waals surface area (Å²) in [4.78, 5) is 4.97. The molecule has 3 nitrogen and oxygen atoms in total. The van der Waals surface area contributed by atoms with E-state index in [1.807, 2.05) is 0 Å². The van der Waals surface area contributed by atoms with Crippen LogP contribution in [0.2, 0.25) is 0 Å². The summed E-state index contributed by atoms with van der Waals surface area (Å²) in [6.45, 7) is 5.06. The summed E-state index contributed by atoms with van der Waals surface area (Å²) in [5.74, 6) is 1.75. The number of hydrogen-bond acceptors (Lipinski definition) is 3. The minimum absolute atomic E-state index is 0.0133. The van der Waals surface area contributed by atoms with Gasteiger partial charge in [-0.1, -0.05) is 0 Å². The van der Waals surface area contributed by atoms with Gasteiger partial charge in [0.25, 0.3) is 0 Å². The standard InChI is InChI=1S/C15H30N2O/c1-16(9-7-14-8-10-17(2)12-14)11-13-3-5-15(18)6-4-13/h13-15,18H,3-12H2,1-2H3. The van der Waals surface area contributed by atoms with E-state index in [4.69, 9.17) is 0 Å². The fourth-order valence-electron chi connectivity index (χ4n) is 3.52. The third kappa shape index (κ3) is 4.52. The molecule has 18 heavy (non-hydrogen) atoms. The lowest BCUT2D eigenvalue weighted by molar-refractivity contribution is 0.0969. The number of rotatable bonds is 5. The van der Waals surface area contributed by atoms with E-state index in [9.17, 15) is 5.11 Å². The minimum atomic E-state index is -0.0133. The highest BCUT2D eigenvalue weighted by Crippen LogP contribution is 2.25. The Morgan fingerprint density at radius 1 is 1.11 bits per heavy atom. The second-order valence-corrected chi connectivity index (χ2v) is 6.64. The van der Waals surface area contributed by atoms with Gasteiger partial charge < -0.3 is 14.9 Å². The van der Waals surface area contributed by atoms with Gasteiger partial charge in [-0.25, -0.2) is 0 Å². The van der Waals surface area contributed by atoms with Gasteiger partial charge in [0.05, 0.1) is 6.10 Å². The first-order chi connectivity index (χ1) is 8.63. The largest absolute Gasteiger partial charge is 0.393 e. The molecule has 2 fully saturated rings. The lowest BCUT2D eigenvalue weighted by Crippen LogP contribution is -2.31. The van der Waals surface area contributed by atoms with Crippen LogP contribution in [0.4, 0.5) is 0 Å². The Hall–Kier alpha value is -0.120. The summed E-state index contributed by atoms with van der Waals surface area (Å²) in [6, 6.07) is 0. The van der Waals surface area contributed by atoms with Crippen LogP contribution in [-0.2, 0) is 0 Å². The third-order valence-electron chi connectivity index (χ3n) is 4.79. The predicted octanol–water partition coefficient (Wildman–Crippen LogP) is 1.81. The molecule has 1 aliphatic carbocycles. The molecule has 2 rings (SSSR count). The average Bonchev–Trinajstić information content (AvgIpc) is 2.76. The molecule has 1 atom stereocenters. The van der Waals surface area contributed by atoms with E-state index >= 15 is 0 Å². The molecule has 0 aromatic rings. The molecule has 1 N–H and O–H groups in total. The smallest absolute Gasteiger partial charge is 0.0540 e. The van der Waals surface area contributed by atoms with E-state index in [0.29, 0.717) is 0 Å². The van der Waals surface area contributed by atoms with Gasteiger partial charge >= 0.3 is 0 Å². The molecule has 0 spiro atoms. The summed E-state index contributed by atoms with van der Waals surface area (Å²) < 4.78 is 0. The molecule has 1 aliphatic heterocycles. The van der Waals surface area contributed by atoms with Crippen LogP contribution in [0.25, 0.3) is 0 Å². The first kappa shape index (κ1) is 14.3. The molecule has 2 aliphatic rings. The fourth-order valence-corrected chi connectivity index (χ4v) is 3.52. The lowest BCUT2D eigenvalue weighted by Gasteiger charge is -2.29. The zero-order valence-corrected chi connectivity index (χ0v) is 12.1. The van der Waals surface area contributed by atoms with Crippen LogP contribution >= 0.6 is 0 Å². The molecule has 0 amide bonds. The number of aliphatic hydroxyl groups excluding tert-OH is 1. The molecular weight excluding hydrogens is 224 g/mol. The van der Waals surface area contributed by atoms with Crippen molar-refractivity contribution in [3.05, 3.63) is 0 Å². The second kappa shape index (κ2) is 6.88. The normalized spacial score (nSPS) is 34.3. The van der Waals surface area contributed by atoms with E-state index in [2.05, 4.69) is 23.9 Å². The maximum atomic E-state index is 9.51. The van der Waals surface area contributed by atoms with Crippen molar-refractivity contribution >= 4 is 0 Å². The summed E-state index contributed by atoms with van der Waals surface area (Å²) >= 11 is 0. The molecule has 0 radical (unpaired) electrons. The van der Waals surface area contributed by atoms with Crippen molar-refractivity contribution in [2.75, 3.05) is 40.3 Å². The molecule has 0 bridgehead atoms.